The number of carbonyl (C=O) groups is 1. The minimum Gasteiger partial charge on any atom is -0.353 e. The van der Waals surface area contributed by atoms with Crippen LogP contribution in [0, 0.1) is 0 Å². The molecular formula is C13H19N3OS. The summed E-state index contributed by atoms with van der Waals surface area (Å²) in [6.07, 6.45) is 3.86. The van der Waals surface area contributed by atoms with Crippen LogP contribution in [-0.2, 0) is 10.5 Å². The number of nitrogens with one attached hydrogen (secondary N) is 2. The van der Waals surface area contributed by atoms with Crippen LogP contribution < -0.4 is 10.6 Å². The van der Waals surface area contributed by atoms with Crippen LogP contribution in [0.15, 0.2) is 24.4 Å². The van der Waals surface area contributed by atoms with Crippen molar-refractivity contribution in [2.45, 2.75) is 24.6 Å². The molecule has 1 aromatic heterocycles. The zero-order valence-corrected chi connectivity index (χ0v) is 11.2. The molecule has 0 radical (unpaired) electrons. The number of rotatable bonds is 5. The molecule has 1 aromatic rings. The number of thioether (sulfide) groups is 1. The molecule has 0 bridgehead atoms. The van der Waals surface area contributed by atoms with Gasteiger partial charge in [0.05, 0.1) is 11.4 Å². The molecule has 1 aliphatic rings. The first-order valence-corrected chi connectivity index (χ1v) is 7.48. The second-order valence-corrected chi connectivity index (χ2v) is 5.39. The second kappa shape index (κ2) is 7.38. The third-order valence-corrected chi connectivity index (χ3v) is 3.88. The Kier molecular flexibility index (Phi) is 5.48. The van der Waals surface area contributed by atoms with Gasteiger partial charge < -0.3 is 10.6 Å². The SMILES string of the molecule is O=C(CSCc1ccccn1)NC1CCNCC1. The van der Waals surface area contributed by atoms with Crippen LogP contribution in [0.5, 0.6) is 0 Å². The van der Waals surface area contributed by atoms with Gasteiger partial charge in [0, 0.05) is 18.0 Å². The second-order valence-electron chi connectivity index (χ2n) is 4.41. The molecule has 1 fully saturated rings. The van der Waals surface area contributed by atoms with E-state index in [9.17, 15) is 4.79 Å². The minimum absolute atomic E-state index is 0.142. The Hall–Kier alpha value is -1.07. The molecule has 1 aliphatic heterocycles. The zero-order valence-electron chi connectivity index (χ0n) is 10.4. The molecule has 0 aliphatic carbocycles. The van der Waals surface area contributed by atoms with Crippen LogP contribution in [0.4, 0.5) is 0 Å². The fourth-order valence-electron chi connectivity index (χ4n) is 1.97. The van der Waals surface area contributed by atoms with Crippen molar-refractivity contribution < 1.29 is 4.79 Å². The summed E-state index contributed by atoms with van der Waals surface area (Å²) in [4.78, 5) is 16.0. The van der Waals surface area contributed by atoms with Gasteiger partial charge in [-0.3, -0.25) is 9.78 Å². The van der Waals surface area contributed by atoms with Crippen LogP contribution in [0.25, 0.3) is 0 Å². The fraction of sp³-hybridized carbons (Fsp3) is 0.538. The number of piperidine rings is 1. The van der Waals surface area contributed by atoms with Gasteiger partial charge in [0.1, 0.15) is 0 Å². The van der Waals surface area contributed by atoms with Crippen molar-refractivity contribution in [2.24, 2.45) is 0 Å². The van der Waals surface area contributed by atoms with Crippen molar-refractivity contribution in [1.82, 2.24) is 15.6 Å². The highest BCUT2D eigenvalue weighted by atomic mass is 32.2. The number of carbonyl (C=O) groups excluding carboxylic acids is 1. The van der Waals surface area contributed by atoms with E-state index in [1.165, 1.54) is 0 Å². The van der Waals surface area contributed by atoms with Crippen molar-refractivity contribution in [3.63, 3.8) is 0 Å². The highest BCUT2D eigenvalue weighted by Crippen LogP contribution is 2.09. The summed E-state index contributed by atoms with van der Waals surface area (Å²) in [5.74, 6) is 1.45. The number of hydrogen-bond acceptors (Lipinski definition) is 4. The van der Waals surface area contributed by atoms with Crippen LogP contribution in [0.3, 0.4) is 0 Å². The Labute approximate surface area is 112 Å². The van der Waals surface area contributed by atoms with Crippen LogP contribution in [0.1, 0.15) is 18.5 Å². The smallest absolute Gasteiger partial charge is 0.230 e. The molecule has 2 N–H and O–H groups in total. The number of aromatic nitrogens is 1. The fourth-order valence-corrected chi connectivity index (χ4v) is 2.72. The Morgan fingerprint density at radius 2 is 2.28 bits per heavy atom. The van der Waals surface area contributed by atoms with Crippen molar-refractivity contribution in [1.29, 1.82) is 0 Å². The Balaban J connectivity index is 1.62. The Morgan fingerprint density at radius 3 is 3.00 bits per heavy atom. The molecule has 1 amide bonds. The first-order chi connectivity index (χ1) is 8.84. The summed E-state index contributed by atoms with van der Waals surface area (Å²) < 4.78 is 0. The average molecular weight is 265 g/mol. The molecule has 4 nitrogen and oxygen atoms in total. The maximum absolute atomic E-state index is 11.7. The highest BCUT2D eigenvalue weighted by molar-refractivity contribution is 7.99. The minimum atomic E-state index is 0.142. The molecule has 0 atom stereocenters. The molecule has 18 heavy (non-hydrogen) atoms. The van der Waals surface area contributed by atoms with Crippen LogP contribution in [0.2, 0.25) is 0 Å². The van der Waals surface area contributed by atoms with E-state index in [1.54, 1.807) is 18.0 Å². The number of pyridine rings is 1. The van der Waals surface area contributed by atoms with Gasteiger partial charge in [0.25, 0.3) is 0 Å². The molecule has 0 unspecified atom stereocenters. The lowest BCUT2D eigenvalue weighted by atomic mass is 10.1. The summed E-state index contributed by atoms with van der Waals surface area (Å²) >= 11 is 1.61. The van der Waals surface area contributed by atoms with E-state index in [1.807, 2.05) is 18.2 Å². The lowest BCUT2D eigenvalue weighted by molar-refractivity contribution is -0.119. The first kappa shape index (κ1) is 13.4. The Bertz CT molecular complexity index is 366. The van der Waals surface area contributed by atoms with Crippen LogP contribution in [-0.4, -0.2) is 35.8 Å². The van der Waals surface area contributed by atoms with Gasteiger partial charge in [-0.1, -0.05) is 6.07 Å². The quantitative estimate of drug-likeness (QED) is 0.839. The summed E-state index contributed by atoms with van der Waals surface area (Å²) in [5, 5.41) is 6.37. The molecule has 98 valence electrons. The van der Waals surface area contributed by atoms with Crippen molar-refractivity contribution in [3.8, 4) is 0 Å². The van der Waals surface area contributed by atoms with Gasteiger partial charge in [-0.15, -0.1) is 11.8 Å². The molecule has 5 heteroatoms. The van der Waals surface area contributed by atoms with Crippen molar-refractivity contribution in [2.75, 3.05) is 18.8 Å². The maximum Gasteiger partial charge on any atom is 0.230 e. The standard InChI is InChI=1S/C13H19N3OS/c17-13(16-11-4-7-14-8-5-11)10-18-9-12-3-1-2-6-15-12/h1-3,6,11,14H,4-5,7-10H2,(H,16,17). The van der Waals surface area contributed by atoms with E-state index >= 15 is 0 Å². The van der Waals surface area contributed by atoms with Gasteiger partial charge in [-0.2, -0.15) is 0 Å². The van der Waals surface area contributed by atoms with E-state index in [-0.39, 0.29) is 5.91 Å². The summed E-state index contributed by atoms with van der Waals surface area (Å²) in [5.41, 5.74) is 1.03. The van der Waals surface area contributed by atoms with Crippen LogP contribution >= 0.6 is 11.8 Å². The van der Waals surface area contributed by atoms with E-state index in [0.29, 0.717) is 11.8 Å². The molecule has 0 saturated carbocycles. The summed E-state index contributed by atoms with van der Waals surface area (Å²) in [6.45, 7) is 2.01. The van der Waals surface area contributed by atoms with E-state index in [4.69, 9.17) is 0 Å². The van der Waals surface area contributed by atoms with Gasteiger partial charge in [-0.25, -0.2) is 0 Å². The molecule has 0 aromatic carbocycles. The molecule has 1 saturated heterocycles. The van der Waals surface area contributed by atoms with E-state index in [2.05, 4.69) is 15.6 Å². The highest BCUT2D eigenvalue weighted by Gasteiger charge is 2.14. The average Bonchev–Trinajstić information content (AvgIpc) is 2.41. The van der Waals surface area contributed by atoms with Gasteiger partial charge in [0.2, 0.25) is 5.91 Å². The van der Waals surface area contributed by atoms with Gasteiger partial charge in [0.15, 0.2) is 0 Å². The Morgan fingerprint density at radius 1 is 1.44 bits per heavy atom. The number of nitrogens with zero attached hydrogens (tertiary/aromatic N) is 1. The van der Waals surface area contributed by atoms with E-state index in [0.717, 1.165) is 37.4 Å². The monoisotopic (exact) mass is 265 g/mol. The normalized spacial score (nSPS) is 16.4. The lowest BCUT2D eigenvalue weighted by Gasteiger charge is -2.23. The van der Waals surface area contributed by atoms with Gasteiger partial charge >= 0.3 is 0 Å². The van der Waals surface area contributed by atoms with Crippen molar-refractivity contribution in [3.05, 3.63) is 30.1 Å². The summed E-state index contributed by atoms with van der Waals surface area (Å²) in [6, 6.07) is 6.21. The molecule has 2 heterocycles. The van der Waals surface area contributed by atoms with Gasteiger partial charge in [-0.05, 0) is 38.1 Å². The summed E-state index contributed by atoms with van der Waals surface area (Å²) in [7, 11) is 0. The third-order valence-electron chi connectivity index (χ3n) is 2.91. The zero-order chi connectivity index (χ0) is 12.6. The maximum atomic E-state index is 11.7. The molecular weight excluding hydrogens is 246 g/mol. The predicted octanol–water partition coefficient (Wildman–Crippen LogP) is 1.18. The first-order valence-electron chi connectivity index (χ1n) is 6.32. The molecule has 2 rings (SSSR count). The topological polar surface area (TPSA) is 54.0 Å². The van der Waals surface area contributed by atoms with Crippen molar-refractivity contribution >= 4 is 17.7 Å². The molecule has 0 spiro atoms. The third kappa shape index (κ3) is 4.66. The number of amides is 1. The largest absolute Gasteiger partial charge is 0.353 e. The van der Waals surface area contributed by atoms with E-state index < -0.39 is 0 Å². The predicted molar refractivity (Wildman–Crippen MR) is 74.4 cm³/mol. The number of hydrogen-bond donors (Lipinski definition) is 2. The lowest BCUT2D eigenvalue weighted by Crippen LogP contribution is -2.43.